The van der Waals surface area contributed by atoms with Gasteiger partial charge in [0.2, 0.25) is 5.91 Å². The SMILES string of the molecule is CC(C)(C)c1ccc(NC(O)N2CCC3(CC2)C(=O)N(c2ccccn2)C3c2ccccc2)cc1. The summed E-state index contributed by atoms with van der Waals surface area (Å²) in [7, 11) is 0. The summed E-state index contributed by atoms with van der Waals surface area (Å²) >= 11 is 0. The summed E-state index contributed by atoms with van der Waals surface area (Å²) in [5.41, 5.74) is 2.89. The van der Waals surface area contributed by atoms with E-state index in [1.165, 1.54) is 5.56 Å². The maximum atomic E-state index is 13.6. The summed E-state index contributed by atoms with van der Waals surface area (Å²) in [6, 6.07) is 24.1. The van der Waals surface area contributed by atoms with E-state index in [1.807, 2.05) is 58.3 Å². The first-order valence-corrected chi connectivity index (χ1v) is 12.4. The lowest BCUT2D eigenvalue weighted by atomic mass is 9.62. The van der Waals surface area contributed by atoms with E-state index in [9.17, 15) is 9.90 Å². The average Bonchev–Trinajstić information content (AvgIpc) is 2.87. The third-order valence-electron chi connectivity index (χ3n) is 7.52. The largest absolute Gasteiger partial charge is 0.361 e. The number of nitrogens with zero attached hydrogens (tertiary/aromatic N) is 3. The monoisotopic (exact) mass is 470 g/mol. The van der Waals surface area contributed by atoms with Crippen molar-refractivity contribution in [1.29, 1.82) is 0 Å². The van der Waals surface area contributed by atoms with Gasteiger partial charge in [0.1, 0.15) is 5.82 Å². The molecule has 2 fully saturated rings. The zero-order chi connectivity index (χ0) is 24.6. The van der Waals surface area contributed by atoms with E-state index in [0.29, 0.717) is 31.7 Å². The molecule has 0 saturated carbocycles. The second kappa shape index (κ2) is 9.10. The molecule has 6 nitrogen and oxygen atoms in total. The van der Waals surface area contributed by atoms with Crippen LogP contribution >= 0.6 is 0 Å². The second-order valence-electron chi connectivity index (χ2n) is 10.7. The third kappa shape index (κ3) is 4.32. The lowest BCUT2D eigenvalue weighted by Gasteiger charge is -2.58. The lowest BCUT2D eigenvalue weighted by Crippen LogP contribution is -2.67. The molecule has 2 aromatic carbocycles. The van der Waals surface area contributed by atoms with Crippen LogP contribution in [-0.4, -0.2) is 40.3 Å². The van der Waals surface area contributed by atoms with Crippen LogP contribution in [0.25, 0.3) is 0 Å². The minimum Gasteiger partial charge on any atom is -0.361 e. The number of nitrogens with one attached hydrogen (secondary N) is 1. The molecule has 35 heavy (non-hydrogen) atoms. The number of rotatable bonds is 5. The zero-order valence-electron chi connectivity index (χ0n) is 20.7. The van der Waals surface area contributed by atoms with Gasteiger partial charge in [0.05, 0.1) is 11.5 Å². The molecule has 3 aromatic rings. The van der Waals surface area contributed by atoms with Gasteiger partial charge < -0.3 is 10.4 Å². The number of carbonyl (C=O) groups excluding carboxylic acids is 1. The molecule has 2 saturated heterocycles. The highest BCUT2D eigenvalue weighted by Crippen LogP contribution is 2.57. The molecule has 2 aliphatic rings. The van der Waals surface area contributed by atoms with Crippen molar-refractivity contribution in [1.82, 2.24) is 9.88 Å². The van der Waals surface area contributed by atoms with E-state index in [2.05, 4.69) is 55.3 Å². The fourth-order valence-corrected chi connectivity index (χ4v) is 5.45. The Bertz CT molecular complexity index is 1150. The number of piperidine rings is 1. The number of likely N-dealkylation sites (tertiary alicyclic amines) is 1. The van der Waals surface area contributed by atoms with E-state index in [1.54, 1.807) is 6.20 Å². The summed E-state index contributed by atoms with van der Waals surface area (Å²) in [5, 5.41) is 14.1. The van der Waals surface area contributed by atoms with Gasteiger partial charge in [-0.1, -0.05) is 69.3 Å². The molecule has 1 amide bonds. The van der Waals surface area contributed by atoms with Crippen molar-refractivity contribution in [3.8, 4) is 0 Å². The highest BCUT2D eigenvalue weighted by Gasteiger charge is 2.62. The fraction of sp³-hybridized carbons (Fsp3) is 0.379. The predicted octanol–water partition coefficient (Wildman–Crippen LogP) is 4.94. The van der Waals surface area contributed by atoms with Crippen LogP contribution in [0.15, 0.2) is 79.0 Å². The Balaban J connectivity index is 1.30. The number of pyridine rings is 1. The number of carbonyl (C=O) groups is 1. The minimum absolute atomic E-state index is 0.0525. The Morgan fingerprint density at radius 2 is 1.63 bits per heavy atom. The molecule has 0 bridgehead atoms. The standard InChI is InChI=1S/C29H34N4O2/c1-28(2,3)22-12-14-23(15-13-22)31-27(35)32-19-16-29(17-20-32)25(21-9-5-4-6-10-21)33(26(29)34)24-11-7-8-18-30-24/h4-15,18,25,27,31,35H,16-17,19-20H2,1-3H3. The molecular formula is C29H34N4O2. The topological polar surface area (TPSA) is 68.7 Å². The predicted molar refractivity (Wildman–Crippen MR) is 139 cm³/mol. The van der Waals surface area contributed by atoms with Crippen LogP contribution in [0.4, 0.5) is 11.5 Å². The first-order chi connectivity index (χ1) is 16.8. The molecule has 1 spiro atoms. The van der Waals surface area contributed by atoms with Crippen LogP contribution in [0.3, 0.4) is 0 Å². The van der Waals surface area contributed by atoms with Gasteiger partial charge >= 0.3 is 0 Å². The number of benzene rings is 2. The first-order valence-electron chi connectivity index (χ1n) is 12.4. The highest BCUT2D eigenvalue weighted by atomic mass is 16.3. The van der Waals surface area contributed by atoms with Gasteiger partial charge in [0.15, 0.2) is 6.35 Å². The van der Waals surface area contributed by atoms with Crippen LogP contribution < -0.4 is 10.2 Å². The molecule has 2 aliphatic heterocycles. The Labute approximate surface area is 207 Å². The summed E-state index contributed by atoms with van der Waals surface area (Å²) in [5.74, 6) is 0.824. The van der Waals surface area contributed by atoms with Crippen molar-refractivity contribution in [3.05, 3.63) is 90.1 Å². The summed E-state index contributed by atoms with van der Waals surface area (Å²) < 4.78 is 0. The second-order valence-corrected chi connectivity index (χ2v) is 10.7. The molecular weight excluding hydrogens is 436 g/mol. The number of β-lactam (4-membered cyclic amide) rings is 1. The number of anilines is 2. The first kappa shape index (κ1) is 23.5. The van der Waals surface area contributed by atoms with Crippen LogP contribution in [0.1, 0.15) is 50.8 Å². The van der Waals surface area contributed by atoms with Crippen LogP contribution in [0.5, 0.6) is 0 Å². The Kier molecular flexibility index (Phi) is 6.11. The van der Waals surface area contributed by atoms with Gasteiger partial charge in [-0.3, -0.25) is 14.6 Å². The maximum Gasteiger partial charge on any atom is 0.237 e. The van der Waals surface area contributed by atoms with E-state index < -0.39 is 11.8 Å². The molecule has 0 aliphatic carbocycles. The van der Waals surface area contributed by atoms with E-state index >= 15 is 0 Å². The zero-order valence-corrected chi connectivity index (χ0v) is 20.7. The minimum atomic E-state index is -0.801. The summed E-state index contributed by atoms with van der Waals surface area (Å²) in [6.07, 6.45) is 2.31. The van der Waals surface area contributed by atoms with E-state index in [4.69, 9.17) is 0 Å². The number of aliphatic hydroxyl groups excluding tert-OH is 1. The quantitative estimate of drug-likeness (QED) is 0.408. The van der Waals surface area contributed by atoms with Crippen molar-refractivity contribution < 1.29 is 9.90 Å². The van der Waals surface area contributed by atoms with Gasteiger partial charge in [-0.15, -0.1) is 0 Å². The van der Waals surface area contributed by atoms with Gasteiger partial charge in [-0.05, 0) is 53.6 Å². The van der Waals surface area contributed by atoms with Crippen LogP contribution in [0.2, 0.25) is 0 Å². The molecule has 2 atom stereocenters. The van der Waals surface area contributed by atoms with Gasteiger partial charge in [-0.25, -0.2) is 4.98 Å². The molecule has 6 heteroatoms. The van der Waals surface area contributed by atoms with Crippen molar-refractivity contribution in [2.45, 2.75) is 51.4 Å². The Hall–Kier alpha value is -3.22. The van der Waals surface area contributed by atoms with Crippen molar-refractivity contribution in [2.24, 2.45) is 5.41 Å². The van der Waals surface area contributed by atoms with Gasteiger partial charge in [0.25, 0.3) is 0 Å². The lowest BCUT2D eigenvalue weighted by molar-refractivity contribution is -0.147. The number of amides is 1. The third-order valence-corrected chi connectivity index (χ3v) is 7.52. The molecule has 2 N–H and O–H groups in total. The molecule has 0 radical (unpaired) electrons. The van der Waals surface area contributed by atoms with Crippen LogP contribution in [-0.2, 0) is 10.2 Å². The van der Waals surface area contributed by atoms with E-state index in [0.717, 1.165) is 11.3 Å². The smallest absolute Gasteiger partial charge is 0.237 e. The fourth-order valence-electron chi connectivity index (χ4n) is 5.45. The number of aliphatic hydroxyl groups is 1. The Morgan fingerprint density at radius 3 is 2.23 bits per heavy atom. The van der Waals surface area contributed by atoms with Crippen molar-refractivity contribution in [2.75, 3.05) is 23.3 Å². The molecule has 1 aromatic heterocycles. The van der Waals surface area contributed by atoms with Gasteiger partial charge in [0, 0.05) is 25.0 Å². The molecule has 182 valence electrons. The highest BCUT2D eigenvalue weighted by molar-refractivity contribution is 6.05. The van der Waals surface area contributed by atoms with Gasteiger partial charge in [-0.2, -0.15) is 0 Å². The number of hydrogen-bond acceptors (Lipinski definition) is 5. The molecule has 5 rings (SSSR count). The van der Waals surface area contributed by atoms with Crippen molar-refractivity contribution in [3.63, 3.8) is 0 Å². The summed E-state index contributed by atoms with van der Waals surface area (Å²) in [4.78, 5) is 21.9. The summed E-state index contributed by atoms with van der Waals surface area (Å²) in [6.45, 7) is 7.84. The molecule has 3 heterocycles. The number of hydrogen-bond donors (Lipinski definition) is 2. The van der Waals surface area contributed by atoms with Crippen molar-refractivity contribution >= 4 is 17.4 Å². The maximum absolute atomic E-state index is 13.6. The normalized spacial score (nSPS) is 21.0. The van der Waals surface area contributed by atoms with Crippen LogP contribution in [0, 0.1) is 5.41 Å². The van der Waals surface area contributed by atoms with E-state index in [-0.39, 0.29) is 17.4 Å². The molecule has 2 unspecified atom stereocenters. The Morgan fingerprint density at radius 1 is 0.971 bits per heavy atom. The average molecular weight is 471 g/mol. The number of aromatic nitrogens is 1.